The monoisotopic (exact) mass is 436 g/mol. The number of rotatable bonds is 8. The lowest BCUT2D eigenvalue weighted by atomic mass is 10.2. The van der Waals surface area contributed by atoms with Crippen LogP contribution in [-0.4, -0.2) is 62.8 Å². The smallest absolute Gasteiger partial charge is 0.340 e. The first-order valence-corrected chi connectivity index (χ1v) is 11.4. The van der Waals surface area contributed by atoms with Gasteiger partial charge in [-0.2, -0.15) is 4.31 Å². The summed E-state index contributed by atoms with van der Waals surface area (Å²) < 4.78 is 44.8. The summed E-state index contributed by atoms with van der Waals surface area (Å²) in [6, 6.07) is 8.07. The Morgan fingerprint density at radius 1 is 1.10 bits per heavy atom. The van der Waals surface area contributed by atoms with Crippen molar-refractivity contribution in [1.29, 1.82) is 0 Å². The molecule has 0 bridgehead atoms. The number of nitrogens with zero attached hydrogens (tertiary/aromatic N) is 2. The average Bonchev–Trinajstić information content (AvgIpc) is 3.05. The lowest BCUT2D eigenvalue weighted by Gasteiger charge is -2.26. The molecule has 1 aromatic carbocycles. The Bertz CT molecular complexity index is 976. The highest BCUT2D eigenvalue weighted by Gasteiger charge is 2.26. The van der Waals surface area contributed by atoms with Crippen LogP contribution in [0.5, 0.6) is 5.75 Å². The quantitative estimate of drug-likeness (QED) is 0.466. The maximum absolute atomic E-state index is 12.6. The molecule has 30 heavy (non-hydrogen) atoms. The second kappa shape index (κ2) is 9.63. The molecular weight excluding hydrogens is 408 g/mol. The molecule has 0 spiro atoms. The molecule has 1 aliphatic rings. The molecule has 1 aromatic heterocycles. The molecule has 1 saturated heterocycles. The molecule has 1 fully saturated rings. The minimum Gasteiger partial charge on any atom is -0.490 e. The van der Waals surface area contributed by atoms with Crippen LogP contribution in [0.1, 0.15) is 28.7 Å². The SMILES string of the molecule is CCn1c(C)cc(C(=O)OCCOc2ccc(S(=O)(=O)N3CCOCC3)cc2)c1C. The van der Waals surface area contributed by atoms with Crippen LogP contribution < -0.4 is 4.74 Å². The van der Waals surface area contributed by atoms with E-state index in [1.54, 1.807) is 12.1 Å². The van der Waals surface area contributed by atoms with E-state index < -0.39 is 10.0 Å². The first kappa shape index (κ1) is 22.3. The highest BCUT2D eigenvalue weighted by atomic mass is 32.2. The van der Waals surface area contributed by atoms with Crippen molar-refractivity contribution < 1.29 is 27.4 Å². The summed E-state index contributed by atoms with van der Waals surface area (Å²) in [5, 5.41) is 0. The number of benzene rings is 1. The summed E-state index contributed by atoms with van der Waals surface area (Å²) in [5.41, 5.74) is 2.47. The van der Waals surface area contributed by atoms with E-state index in [4.69, 9.17) is 14.2 Å². The number of ether oxygens (including phenoxy) is 3. The fraction of sp³-hybridized carbons (Fsp3) is 0.476. The molecule has 9 heteroatoms. The van der Waals surface area contributed by atoms with Crippen molar-refractivity contribution in [1.82, 2.24) is 8.87 Å². The minimum atomic E-state index is -3.53. The van der Waals surface area contributed by atoms with E-state index in [1.165, 1.54) is 16.4 Å². The number of hydrogen-bond acceptors (Lipinski definition) is 6. The van der Waals surface area contributed by atoms with Gasteiger partial charge in [0.05, 0.1) is 23.7 Å². The molecule has 0 N–H and O–H groups in total. The van der Waals surface area contributed by atoms with E-state index in [-0.39, 0.29) is 24.1 Å². The number of esters is 1. The Labute approximate surface area is 177 Å². The molecule has 0 atom stereocenters. The number of aryl methyl sites for hydroxylation is 1. The highest BCUT2D eigenvalue weighted by molar-refractivity contribution is 7.89. The number of aromatic nitrogens is 1. The molecule has 0 aliphatic carbocycles. The Balaban J connectivity index is 1.50. The Hall–Kier alpha value is -2.36. The first-order valence-electron chi connectivity index (χ1n) is 9.99. The number of hydrogen-bond donors (Lipinski definition) is 0. The lowest BCUT2D eigenvalue weighted by Crippen LogP contribution is -2.40. The largest absolute Gasteiger partial charge is 0.490 e. The average molecular weight is 437 g/mol. The molecule has 0 saturated carbocycles. The Kier molecular flexibility index (Phi) is 7.17. The van der Waals surface area contributed by atoms with Crippen LogP contribution in [0.15, 0.2) is 35.2 Å². The third kappa shape index (κ3) is 4.85. The Morgan fingerprint density at radius 2 is 1.77 bits per heavy atom. The maximum atomic E-state index is 12.6. The van der Waals surface area contributed by atoms with Crippen molar-refractivity contribution in [2.75, 3.05) is 39.5 Å². The van der Waals surface area contributed by atoms with Crippen LogP contribution in [0.3, 0.4) is 0 Å². The van der Waals surface area contributed by atoms with E-state index in [0.29, 0.717) is 37.6 Å². The summed E-state index contributed by atoms with van der Waals surface area (Å²) >= 11 is 0. The molecule has 0 amide bonds. The molecular formula is C21H28N2O6S. The van der Waals surface area contributed by atoms with Crippen molar-refractivity contribution >= 4 is 16.0 Å². The number of sulfonamides is 1. The summed E-state index contributed by atoms with van der Waals surface area (Å²) in [6.07, 6.45) is 0. The van der Waals surface area contributed by atoms with Gasteiger partial charge in [0.2, 0.25) is 10.0 Å². The van der Waals surface area contributed by atoms with Gasteiger partial charge in [-0.05, 0) is 51.1 Å². The zero-order valence-electron chi connectivity index (χ0n) is 17.6. The summed E-state index contributed by atoms with van der Waals surface area (Å²) in [6.45, 7) is 8.47. The van der Waals surface area contributed by atoms with Gasteiger partial charge in [0.15, 0.2) is 0 Å². The molecule has 164 valence electrons. The predicted octanol–water partition coefficient (Wildman–Crippen LogP) is 2.38. The molecule has 2 aromatic rings. The van der Waals surface area contributed by atoms with E-state index in [9.17, 15) is 13.2 Å². The van der Waals surface area contributed by atoms with Crippen LogP contribution in [0.4, 0.5) is 0 Å². The number of carbonyl (C=O) groups is 1. The summed E-state index contributed by atoms with van der Waals surface area (Å²) in [7, 11) is -3.53. The fourth-order valence-electron chi connectivity index (χ4n) is 3.51. The van der Waals surface area contributed by atoms with Crippen molar-refractivity contribution in [3.8, 4) is 5.75 Å². The first-order chi connectivity index (χ1) is 14.3. The molecule has 1 aliphatic heterocycles. The van der Waals surface area contributed by atoms with Gasteiger partial charge in [-0.25, -0.2) is 13.2 Å². The maximum Gasteiger partial charge on any atom is 0.340 e. The summed E-state index contributed by atoms with van der Waals surface area (Å²) in [4.78, 5) is 12.5. The van der Waals surface area contributed by atoms with Crippen molar-refractivity contribution in [3.63, 3.8) is 0 Å². The van der Waals surface area contributed by atoms with Gasteiger partial charge in [-0.3, -0.25) is 0 Å². The third-order valence-electron chi connectivity index (χ3n) is 5.13. The number of morpholine rings is 1. The van der Waals surface area contributed by atoms with Crippen LogP contribution in [-0.2, 0) is 26.0 Å². The molecule has 8 nitrogen and oxygen atoms in total. The molecule has 3 rings (SSSR count). The molecule has 0 radical (unpaired) electrons. The van der Waals surface area contributed by atoms with Crippen molar-refractivity contribution in [2.45, 2.75) is 32.2 Å². The third-order valence-corrected chi connectivity index (χ3v) is 7.04. The summed E-state index contributed by atoms with van der Waals surface area (Å²) in [5.74, 6) is 0.134. The minimum absolute atomic E-state index is 0.0997. The lowest BCUT2D eigenvalue weighted by molar-refractivity contribution is 0.0449. The van der Waals surface area contributed by atoms with Gasteiger partial charge in [0.1, 0.15) is 19.0 Å². The number of carbonyl (C=O) groups excluding carboxylic acids is 1. The van der Waals surface area contributed by atoms with Gasteiger partial charge in [-0.1, -0.05) is 0 Å². The van der Waals surface area contributed by atoms with Gasteiger partial charge in [-0.15, -0.1) is 0 Å². The van der Waals surface area contributed by atoms with Crippen molar-refractivity contribution in [3.05, 3.63) is 47.3 Å². The van der Waals surface area contributed by atoms with Gasteiger partial charge < -0.3 is 18.8 Å². The fourth-order valence-corrected chi connectivity index (χ4v) is 4.92. The molecule has 2 heterocycles. The van der Waals surface area contributed by atoms with Crippen LogP contribution >= 0.6 is 0 Å². The van der Waals surface area contributed by atoms with Gasteiger partial charge >= 0.3 is 5.97 Å². The van der Waals surface area contributed by atoms with Gasteiger partial charge in [0.25, 0.3) is 0 Å². The second-order valence-electron chi connectivity index (χ2n) is 7.00. The zero-order valence-corrected chi connectivity index (χ0v) is 18.4. The standard InChI is InChI=1S/C21H28N2O6S/c1-4-23-16(2)15-20(17(23)3)21(24)29-14-13-28-18-5-7-19(8-6-18)30(25,26)22-9-11-27-12-10-22/h5-8,15H,4,9-14H2,1-3H3. The van der Waals surface area contributed by atoms with E-state index in [2.05, 4.69) is 4.57 Å². The van der Waals surface area contributed by atoms with Crippen LogP contribution in [0.25, 0.3) is 0 Å². The Morgan fingerprint density at radius 3 is 2.37 bits per heavy atom. The van der Waals surface area contributed by atoms with E-state index >= 15 is 0 Å². The normalized spacial score (nSPS) is 15.2. The van der Waals surface area contributed by atoms with Gasteiger partial charge in [0, 0.05) is 31.0 Å². The van der Waals surface area contributed by atoms with Crippen molar-refractivity contribution in [2.24, 2.45) is 0 Å². The molecule has 0 unspecified atom stereocenters. The van der Waals surface area contributed by atoms with E-state index in [1.807, 2.05) is 26.8 Å². The topological polar surface area (TPSA) is 87.1 Å². The van der Waals surface area contributed by atoms with Crippen LogP contribution in [0, 0.1) is 13.8 Å². The zero-order chi connectivity index (χ0) is 21.7. The van der Waals surface area contributed by atoms with E-state index in [0.717, 1.165) is 17.9 Å². The predicted molar refractivity (Wildman–Crippen MR) is 111 cm³/mol. The van der Waals surface area contributed by atoms with Crippen LogP contribution in [0.2, 0.25) is 0 Å². The second-order valence-corrected chi connectivity index (χ2v) is 8.94. The highest BCUT2D eigenvalue weighted by Crippen LogP contribution is 2.21.